The van der Waals surface area contributed by atoms with Gasteiger partial charge in [0.05, 0.1) is 0 Å². The summed E-state index contributed by atoms with van der Waals surface area (Å²) in [4.78, 5) is 37.0. The molecule has 0 bridgehead atoms. The Balaban J connectivity index is 1.59. The summed E-state index contributed by atoms with van der Waals surface area (Å²) < 4.78 is 10.7. The topological polar surface area (TPSA) is 93.7 Å². The summed E-state index contributed by atoms with van der Waals surface area (Å²) in [7, 11) is 0. The Kier molecular flexibility index (Phi) is 5.18. The van der Waals surface area contributed by atoms with Crippen molar-refractivity contribution in [1.82, 2.24) is 10.6 Å². The van der Waals surface area contributed by atoms with Crippen LogP contribution in [0.15, 0.2) is 30.3 Å². The van der Waals surface area contributed by atoms with E-state index in [9.17, 15) is 14.4 Å². The molecule has 2 heterocycles. The number of hydrogen-bond acceptors (Lipinski definition) is 6. The molecule has 1 aliphatic rings. The third-order valence-corrected chi connectivity index (χ3v) is 4.79. The molecule has 0 saturated heterocycles. The number of benzene rings is 1. The molecule has 27 heavy (non-hydrogen) atoms. The van der Waals surface area contributed by atoms with Gasteiger partial charge >= 0.3 is 12.0 Å². The normalized spacial score (nSPS) is 12.3. The van der Waals surface area contributed by atoms with Gasteiger partial charge in [0.2, 0.25) is 0 Å². The minimum absolute atomic E-state index is 0.379. The van der Waals surface area contributed by atoms with Crippen molar-refractivity contribution in [3.05, 3.63) is 40.8 Å². The highest BCUT2D eigenvalue weighted by Crippen LogP contribution is 2.42. The van der Waals surface area contributed by atoms with Crippen LogP contribution in [0.3, 0.4) is 0 Å². The quantitative estimate of drug-likeness (QED) is 0.788. The number of para-hydroxylation sites is 1. The summed E-state index contributed by atoms with van der Waals surface area (Å²) in [5, 5.41) is 4.71. The number of esters is 1. The molecular weight excluding hydrogens is 368 g/mol. The largest absolute Gasteiger partial charge is 0.488 e. The molecule has 7 nitrogen and oxygen atoms in total. The van der Waals surface area contributed by atoms with Crippen LogP contribution in [0.25, 0.3) is 10.4 Å². The first-order valence-electron chi connectivity index (χ1n) is 8.37. The van der Waals surface area contributed by atoms with E-state index >= 15 is 0 Å². The van der Waals surface area contributed by atoms with Gasteiger partial charge in [0.15, 0.2) is 6.61 Å². The van der Waals surface area contributed by atoms with Gasteiger partial charge in [0.25, 0.3) is 5.91 Å². The first kappa shape index (κ1) is 18.9. The van der Waals surface area contributed by atoms with Crippen LogP contribution >= 0.6 is 11.3 Å². The van der Waals surface area contributed by atoms with Gasteiger partial charge in [-0.15, -0.1) is 11.3 Å². The number of carbonyl (C=O) groups excluding carboxylic acids is 3. The second-order valence-electron chi connectivity index (χ2n) is 7.08. The van der Waals surface area contributed by atoms with Crippen molar-refractivity contribution in [1.29, 1.82) is 0 Å². The number of thiophene rings is 1. The number of rotatable bonds is 3. The summed E-state index contributed by atoms with van der Waals surface area (Å²) in [5.74, 6) is -0.533. The van der Waals surface area contributed by atoms with Gasteiger partial charge in [-0.1, -0.05) is 12.1 Å². The molecule has 1 aromatic heterocycles. The van der Waals surface area contributed by atoms with Crippen LogP contribution in [-0.4, -0.2) is 30.1 Å². The fourth-order valence-electron chi connectivity index (χ4n) is 2.54. The Hall–Kier alpha value is -2.87. The first-order valence-corrected chi connectivity index (χ1v) is 9.18. The molecule has 0 saturated carbocycles. The van der Waals surface area contributed by atoms with E-state index in [-0.39, 0.29) is 0 Å². The summed E-state index contributed by atoms with van der Waals surface area (Å²) >= 11 is 1.29. The molecule has 0 spiro atoms. The van der Waals surface area contributed by atoms with Gasteiger partial charge in [0, 0.05) is 21.5 Å². The minimum Gasteiger partial charge on any atom is -0.488 e. The molecule has 2 N–H and O–H groups in total. The lowest BCUT2D eigenvalue weighted by Gasteiger charge is -2.20. The SMILES string of the molecule is CC(C)(C)NC(=O)NC(=O)COC(=O)c1cc2c(s1)-c1ccccc1OC2. The Labute approximate surface area is 160 Å². The highest BCUT2D eigenvalue weighted by molar-refractivity contribution is 7.17. The number of hydrogen-bond donors (Lipinski definition) is 2. The summed E-state index contributed by atoms with van der Waals surface area (Å²) in [5.41, 5.74) is 1.36. The maximum absolute atomic E-state index is 12.3. The number of imide groups is 1. The third-order valence-electron chi connectivity index (χ3n) is 3.60. The maximum atomic E-state index is 12.3. The zero-order chi connectivity index (χ0) is 19.6. The van der Waals surface area contributed by atoms with Crippen molar-refractivity contribution < 1.29 is 23.9 Å². The molecule has 3 rings (SSSR count). The van der Waals surface area contributed by atoms with Crippen LogP contribution in [0.5, 0.6) is 5.75 Å². The van der Waals surface area contributed by atoms with Gasteiger partial charge in [0.1, 0.15) is 17.2 Å². The molecule has 8 heteroatoms. The Morgan fingerprint density at radius 3 is 2.70 bits per heavy atom. The molecule has 0 unspecified atom stereocenters. The highest BCUT2D eigenvalue weighted by atomic mass is 32.1. The van der Waals surface area contributed by atoms with E-state index < -0.39 is 30.1 Å². The summed E-state index contributed by atoms with van der Waals surface area (Å²) in [6.07, 6.45) is 0. The molecule has 2 aromatic rings. The zero-order valence-electron chi connectivity index (χ0n) is 15.3. The van der Waals surface area contributed by atoms with Crippen LogP contribution in [0.2, 0.25) is 0 Å². The van der Waals surface area contributed by atoms with Crippen molar-refractivity contribution in [3.8, 4) is 16.2 Å². The standard InChI is InChI=1S/C19H20N2O5S/c1-19(2,3)21-18(24)20-15(22)10-26-17(23)14-8-11-9-25-13-7-5-4-6-12(13)16(11)27-14/h4-8H,9-10H2,1-3H3,(H2,20,21,22,24). The lowest BCUT2D eigenvalue weighted by atomic mass is 10.1. The average molecular weight is 388 g/mol. The third kappa shape index (κ3) is 4.65. The van der Waals surface area contributed by atoms with Crippen LogP contribution in [0.1, 0.15) is 36.0 Å². The maximum Gasteiger partial charge on any atom is 0.348 e. The number of ether oxygens (including phenoxy) is 2. The van der Waals surface area contributed by atoms with E-state index in [0.29, 0.717) is 11.5 Å². The second kappa shape index (κ2) is 7.40. The van der Waals surface area contributed by atoms with Gasteiger partial charge in [-0.25, -0.2) is 9.59 Å². The molecule has 1 aromatic carbocycles. The molecule has 3 amide bonds. The number of nitrogens with one attached hydrogen (secondary N) is 2. The van der Waals surface area contributed by atoms with E-state index in [4.69, 9.17) is 9.47 Å². The fraction of sp³-hybridized carbons (Fsp3) is 0.316. The van der Waals surface area contributed by atoms with Gasteiger partial charge in [-0.2, -0.15) is 0 Å². The van der Waals surface area contributed by atoms with E-state index in [1.54, 1.807) is 26.8 Å². The lowest BCUT2D eigenvalue weighted by Crippen LogP contribution is -2.49. The number of urea groups is 1. The van der Waals surface area contributed by atoms with Crippen LogP contribution in [-0.2, 0) is 16.1 Å². The first-order chi connectivity index (χ1) is 12.7. The van der Waals surface area contributed by atoms with Crippen LogP contribution in [0, 0.1) is 0 Å². The van der Waals surface area contributed by atoms with Crippen molar-refractivity contribution in [3.63, 3.8) is 0 Å². The van der Waals surface area contributed by atoms with Crippen molar-refractivity contribution >= 4 is 29.2 Å². The molecule has 142 valence electrons. The molecule has 0 radical (unpaired) electrons. The highest BCUT2D eigenvalue weighted by Gasteiger charge is 2.23. The Bertz CT molecular complexity index is 898. The van der Waals surface area contributed by atoms with Gasteiger partial charge < -0.3 is 14.8 Å². The fourth-order valence-corrected chi connectivity index (χ4v) is 3.63. The molecule has 1 aliphatic heterocycles. The summed E-state index contributed by atoms with van der Waals surface area (Å²) in [6, 6.07) is 8.68. The Morgan fingerprint density at radius 1 is 1.22 bits per heavy atom. The van der Waals surface area contributed by atoms with Gasteiger partial charge in [-0.05, 0) is 39.0 Å². The van der Waals surface area contributed by atoms with E-state index in [1.165, 1.54) is 11.3 Å². The summed E-state index contributed by atoms with van der Waals surface area (Å²) in [6.45, 7) is 5.21. The van der Waals surface area contributed by atoms with Crippen molar-refractivity contribution in [2.75, 3.05) is 6.61 Å². The Morgan fingerprint density at radius 2 is 1.96 bits per heavy atom. The van der Waals surface area contributed by atoms with Crippen molar-refractivity contribution in [2.24, 2.45) is 0 Å². The predicted octanol–water partition coefficient (Wildman–Crippen LogP) is 3.09. The van der Waals surface area contributed by atoms with E-state index in [1.807, 2.05) is 24.3 Å². The molecule has 0 aliphatic carbocycles. The number of carbonyl (C=O) groups is 3. The van der Waals surface area contributed by atoms with E-state index in [0.717, 1.165) is 21.8 Å². The van der Waals surface area contributed by atoms with Crippen LogP contribution < -0.4 is 15.4 Å². The van der Waals surface area contributed by atoms with Crippen molar-refractivity contribution in [2.45, 2.75) is 32.9 Å². The average Bonchev–Trinajstić information content (AvgIpc) is 3.02. The second-order valence-corrected chi connectivity index (χ2v) is 8.13. The van der Waals surface area contributed by atoms with Gasteiger partial charge in [-0.3, -0.25) is 10.1 Å². The molecular formula is C19H20N2O5S. The predicted molar refractivity (Wildman–Crippen MR) is 101 cm³/mol. The minimum atomic E-state index is -0.694. The molecule has 0 atom stereocenters. The zero-order valence-corrected chi connectivity index (χ0v) is 16.1. The van der Waals surface area contributed by atoms with Crippen LogP contribution in [0.4, 0.5) is 4.79 Å². The smallest absolute Gasteiger partial charge is 0.348 e. The monoisotopic (exact) mass is 388 g/mol. The molecule has 0 fully saturated rings. The van der Waals surface area contributed by atoms with E-state index in [2.05, 4.69) is 10.6 Å². The number of amides is 3. The lowest BCUT2D eigenvalue weighted by molar-refractivity contribution is -0.123. The number of fused-ring (bicyclic) bond motifs is 3.